The summed E-state index contributed by atoms with van der Waals surface area (Å²) in [5.41, 5.74) is 0. The molecule has 3 N–H and O–H groups in total. The molecule has 0 amide bonds. The Morgan fingerprint density at radius 3 is 2.38 bits per heavy atom. The van der Waals surface area contributed by atoms with Gasteiger partial charge in [-0.1, -0.05) is 0 Å². The number of hydrogen-bond donors (Lipinski definition) is 3. The molecule has 0 aliphatic carbocycles. The molecule has 0 saturated carbocycles. The zero-order valence-corrected chi connectivity index (χ0v) is 8.92. The van der Waals surface area contributed by atoms with Gasteiger partial charge in [0.25, 0.3) is 0 Å². The highest BCUT2D eigenvalue weighted by Gasteiger charge is 2.12. The van der Waals surface area contributed by atoms with Gasteiger partial charge in [-0.15, -0.1) is 24.8 Å². The maximum atomic E-state index is 10.2. The largest absolute Gasteiger partial charge is 0.480 e. The van der Waals surface area contributed by atoms with E-state index in [0.717, 1.165) is 25.9 Å². The number of carboxylic acid groups (broad SMARTS) is 1. The lowest BCUT2D eigenvalue weighted by Crippen LogP contribution is -2.41. The topological polar surface area (TPSA) is 61.4 Å². The van der Waals surface area contributed by atoms with Gasteiger partial charge in [-0.05, 0) is 25.9 Å². The van der Waals surface area contributed by atoms with Crippen molar-refractivity contribution in [1.82, 2.24) is 10.6 Å². The summed E-state index contributed by atoms with van der Waals surface area (Å²) in [4.78, 5) is 10.2. The van der Waals surface area contributed by atoms with E-state index in [1.165, 1.54) is 0 Å². The number of nitrogens with one attached hydrogen (secondary N) is 2. The van der Waals surface area contributed by atoms with Crippen LogP contribution in [0.25, 0.3) is 0 Å². The number of aliphatic carboxylic acids is 1. The second kappa shape index (κ2) is 8.56. The first kappa shape index (κ1) is 15.4. The van der Waals surface area contributed by atoms with Gasteiger partial charge < -0.3 is 15.7 Å². The Morgan fingerprint density at radius 1 is 1.38 bits per heavy atom. The number of rotatable bonds is 3. The maximum Gasteiger partial charge on any atom is 0.317 e. The molecule has 1 aliphatic heterocycles. The lowest BCUT2D eigenvalue weighted by molar-refractivity contribution is -0.136. The fraction of sp³-hybridized carbons (Fsp3) is 0.857. The minimum Gasteiger partial charge on any atom is -0.480 e. The standard InChI is InChI=1S/C7H14N2O2.2ClH/c10-7(11)5-9-6-1-3-8-4-2-6;;/h6,8-9H,1-5H2,(H,10,11);2*1H. The first-order valence-corrected chi connectivity index (χ1v) is 3.95. The summed E-state index contributed by atoms with van der Waals surface area (Å²) < 4.78 is 0. The molecule has 1 fully saturated rings. The Labute approximate surface area is 90.3 Å². The van der Waals surface area contributed by atoms with Crippen molar-refractivity contribution in [3.05, 3.63) is 0 Å². The van der Waals surface area contributed by atoms with E-state index in [9.17, 15) is 4.79 Å². The lowest BCUT2D eigenvalue weighted by Gasteiger charge is -2.22. The predicted molar refractivity (Wildman–Crippen MR) is 56.0 cm³/mol. The van der Waals surface area contributed by atoms with Crippen LogP contribution in [0.5, 0.6) is 0 Å². The van der Waals surface area contributed by atoms with Crippen LogP contribution in [-0.4, -0.2) is 36.8 Å². The second-order valence-corrected chi connectivity index (χ2v) is 2.80. The van der Waals surface area contributed by atoms with Crippen LogP contribution in [0.2, 0.25) is 0 Å². The van der Waals surface area contributed by atoms with Gasteiger partial charge in [0.2, 0.25) is 0 Å². The molecule has 1 aliphatic rings. The van der Waals surface area contributed by atoms with Crippen LogP contribution in [0.15, 0.2) is 0 Å². The molecule has 0 spiro atoms. The normalized spacial score (nSPS) is 16.9. The highest BCUT2D eigenvalue weighted by atomic mass is 35.5. The van der Waals surface area contributed by atoms with E-state index in [1.54, 1.807) is 0 Å². The zero-order chi connectivity index (χ0) is 8.10. The quantitative estimate of drug-likeness (QED) is 0.651. The van der Waals surface area contributed by atoms with Crippen molar-refractivity contribution in [2.45, 2.75) is 18.9 Å². The van der Waals surface area contributed by atoms with E-state index in [-0.39, 0.29) is 31.4 Å². The van der Waals surface area contributed by atoms with Crippen molar-refractivity contribution in [1.29, 1.82) is 0 Å². The molecule has 0 unspecified atom stereocenters. The van der Waals surface area contributed by atoms with E-state index in [4.69, 9.17) is 5.11 Å². The number of carbonyl (C=O) groups is 1. The molecule has 1 heterocycles. The summed E-state index contributed by atoms with van der Waals surface area (Å²) in [5.74, 6) is -0.775. The minimum atomic E-state index is -0.775. The SMILES string of the molecule is Cl.Cl.O=C(O)CNC1CCNCC1. The molecule has 1 saturated heterocycles. The number of piperidine rings is 1. The summed E-state index contributed by atoms with van der Waals surface area (Å²) in [6, 6.07) is 0.396. The van der Waals surface area contributed by atoms with E-state index in [2.05, 4.69) is 10.6 Å². The van der Waals surface area contributed by atoms with Gasteiger partial charge in [-0.25, -0.2) is 0 Å². The predicted octanol–water partition coefficient (Wildman–Crippen LogP) is 0.256. The summed E-state index contributed by atoms with van der Waals surface area (Å²) in [6.07, 6.45) is 2.07. The average molecular weight is 231 g/mol. The zero-order valence-electron chi connectivity index (χ0n) is 7.28. The Kier molecular flexibility index (Phi) is 10.2. The molecule has 0 aromatic rings. The minimum absolute atomic E-state index is 0. The van der Waals surface area contributed by atoms with E-state index in [0.29, 0.717) is 6.04 Å². The number of carboxylic acids is 1. The molecule has 1 rings (SSSR count). The van der Waals surface area contributed by atoms with Crippen molar-refractivity contribution in [3.63, 3.8) is 0 Å². The Balaban J connectivity index is 0. The Hall–Kier alpha value is -0.0300. The maximum absolute atomic E-state index is 10.2. The van der Waals surface area contributed by atoms with E-state index < -0.39 is 5.97 Å². The number of hydrogen-bond acceptors (Lipinski definition) is 3. The third-order valence-electron chi connectivity index (χ3n) is 1.88. The smallest absolute Gasteiger partial charge is 0.317 e. The van der Waals surface area contributed by atoms with Crippen LogP contribution >= 0.6 is 24.8 Å². The van der Waals surface area contributed by atoms with E-state index in [1.807, 2.05) is 0 Å². The first-order chi connectivity index (χ1) is 5.29. The highest BCUT2D eigenvalue weighted by Crippen LogP contribution is 2.00. The molecule has 6 heteroatoms. The van der Waals surface area contributed by atoms with Crippen LogP contribution in [-0.2, 0) is 4.79 Å². The monoisotopic (exact) mass is 230 g/mol. The second-order valence-electron chi connectivity index (χ2n) is 2.80. The van der Waals surface area contributed by atoms with Crippen molar-refractivity contribution in [3.8, 4) is 0 Å². The average Bonchev–Trinajstić information content (AvgIpc) is 2.03. The molecule has 0 aromatic carbocycles. The van der Waals surface area contributed by atoms with Gasteiger partial charge in [0, 0.05) is 6.04 Å². The van der Waals surface area contributed by atoms with Gasteiger partial charge in [0.05, 0.1) is 6.54 Å². The molecular weight excluding hydrogens is 215 g/mol. The molecule has 4 nitrogen and oxygen atoms in total. The number of halogens is 2. The first-order valence-electron chi connectivity index (χ1n) is 3.95. The highest BCUT2D eigenvalue weighted by molar-refractivity contribution is 5.85. The van der Waals surface area contributed by atoms with Crippen LogP contribution < -0.4 is 10.6 Å². The lowest BCUT2D eigenvalue weighted by atomic mass is 10.1. The van der Waals surface area contributed by atoms with Gasteiger partial charge in [0.1, 0.15) is 0 Å². The van der Waals surface area contributed by atoms with Crippen LogP contribution in [0, 0.1) is 0 Å². The molecule has 80 valence electrons. The van der Waals surface area contributed by atoms with Crippen molar-refractivity contribution in [2.24, 2.45) is 0 Å². The van der Waals surface area contributed by atoms with Crippen molar-refractivity contribution in [2.75, 3.05) is 19.6 Å². The van der Waals surface area contributed by atoms with Crippen molar-refractivity contribution >= 4 is 30.8 Å². The molecule has 0 aromatic heterocycles. The Morgan fingerprint density at radius 2 is 1.92 bits per heavy atom. The summed E-state index contributed by atoms with van der Waals surface area (Å²) in [6.45, 7) is 2.08. The van der Waals surface area contributed by atoms with Gasteiger partial charge >= 0.3 is 5.97 Å². The summed E-state index contributed by atoms with van der Waals surface area (Å²) in [5, 5.41) is 14.6. The van der Waals surface area contributed by atoms with Crippen LogP contribution in [0.1, 0.15) is 12.8 Å². The molecular formula is C7H16Cl2N2O2. The van der Waals surface area contributed by atoms with E-state index >= 15 is 0 Å². The van der Waals surface area contributed by atoms with Gasteiger partial charge in [0.15, 0.2) is 0 Å². The third-order valence-corrected chi connectivity index (χ3v) is 1.88. The summed E-state index contributed by atoms with van der Waals surface area (Å²) >= 11 is 0. The fourth-order valence-corrected chi connectivity index (χ4v) is 1.26. The third kappa shape index (κ3) is 7.07. The molecule has 0 radical (unpaired) electrons. The van der Waals surface area contributed by atoms with Crippen LogP contribution in [0.3, 0.4) is 0 Å². The molecule has 0 bridgehead atoms. The molecule has 0 atom stereocenters. The van der Waals surface area contributed by atoms with Crippen molar-refractivity contribution < 1.29 is 9.90 Å². The fourth-order valence-electron chi connectivity index (χ4n) is 1.26. The van der Waals surface area contributed by atoms with Gasteiger partial charge in [-0.2, -0.15) is 0 Å². The molecule has 13 heavy (non-hydrogen) atoms. The summed E-state index contributed by atoms with van der Waals surface area (Å²) in [7, 11) is 0. The Bertz CT molecular complexity index is 140. The van der Waals surface area contributed by atoms with Gasteiger partial charge in [-0.3, -0.25) is 4.79 Å². The van der Waals surface area contributed by atoms with Crippen LogP contribution in [0.4, 0.5) is 0 Å².